The summed E-state index contributed by atoms with van der Waals surface area (Å²) in [5.74, 6) is 0. The van der Waals surface area contributed by atoms with Gasteiger partial charge >= 0.3 is 0 Å². The molecular formula is C24H35N. The van der Waals surface area contributed by atoms with Crippen LogP contribution in [0.15, 0.2) is 30.3 Å². The van der Waals surface area contributed by atoms with E-state index in [0.717, 1.165) is 0 Å². The highest BCUT2D eigenvalue weighted by Gasteiger charge is 2.31. The van der Waals surface area contributed by atoms with Crippen LogP contribution in [0.5, 0.6) is 0 Å². The third-order valence-corrected chi connectivity index (χ3v) is 6.04. The summed E-state index contributed by atoms with van der Waals surface area (Å²) in [6.45, 7) is 4.61. The van der Waals surface area contributed by atoms with E-state index in [9.17, 15) is 0 Å². The molecule has 0 saturated carbocycles. The second-order valence-corrected chi connectivity index (χ2v) is 8.06. The van der Waals surface area contributed by atoms with Crippen molar-refractivity contribution in [2.24, 2.45) is 5.41 Å². The van der Waals surface area contributed by atoms with Crippen molar-refractivity contribution < 1.29 is 0 Å². The van der Waals surface area contributed by atoms with Gasteiger partial charge in [0.25, 0.3) is 0 Å². The zero-order valence-electron chi connectivity index (χ0n) is 16.2. The van der Waals surface area contributed by atoms with Gasteiger partial charge in [-0.1, -0.05) is 89.5 Å². The fraction of sp³-hybridized carbons (Fsp3) is 0.583. The first kappa shape index (κ1) is 18.3. The van der Waals surface area contributed by atoms with Crippen LogP contribution >= 0.6 is 0 Å². The number of allylic oxidation sites excluding steroid dienone is 1. The molecule has 1 heterocycles. The van der Waals surface area contributed by atoms with E-state index >= 15 is 0 Å². The first-order chi connectivity index (χ1) is 12.3. The van der Waals surface area contributed by atoms with Crippen LogP contribution in [0.2, 0.25) is 0 Å². The van der Waals surface area contributed by atoms with Crippen LogP contribution in [0.25, 0.3) is 17.0 Å². The van der Waals surface area contributed by atoms with E-state index in [2.05, 4.69) is 55.2 Å². The van der Waals surface area contributed by atoms with Crippen molar-refractivity contribution in [3.05, 3.63) is 41.6 Å². The molecule has 25 heavy (non-hydrogen) atoms. The second-order valence-electron chi connectivity index (χ2n) is 8.06. The number of rotatable bonds is 10. The average Bonchev–Trinajstić information content (AvgIpc) is 3.00. The first-order valence-corrected chi connectivity index (χ1v) is 10.6. The van der Waals surface area contributed by atoms with Gasteiger partial charge in [-0.2, -0.15) is 0 Å². The number of para-hydroxylation sites is 1. The van der Waals surface area contributed by atoms with Crippen molar-refractivity contribution in [2.75, 3.05) is 0 Å². The molecule has 0 unspecified atom stereocenters. The van der Waals surface area contributed by atoms with Crippen LogP contribution in [-0.2, 0) is 6.42 Å². The molecule has 0 radical (unpaired) electrons. The summed E-state index contributed by atoms with van der Waals surface area (Å²) in [7, 11) is 0. The van der Waals surface area contributed by atoms with Gasteiger partial charge in [0.1, 0.15) is 0 Å². The third kappa shape index (κ3) is 4.37. The fourth-order valence-electron chi connectivity index (χ4n) is 4.50. The molecule has 0 atom stereocenters. The minimum Gasteiger partial charge on any atom is -0.355 e. The molecule has 0 fully saturated rings. The Morgan fingerprint density at radius 1 is 0.880 bits per heavy atom. The highest BCUT2D eigenvalue weighted by Crippen LogP contribution is 2.43. The summed E-state index contributed by atoms with van der Waals surface area (Å²) in [6.07, 6.45) is 19.8. The summed E-state index contributed by atoms with van der Waals surface area (Å²) in [6, 6.07) is 8.82. The smallest absolute Gasteiger partial charge is 0.0461 e. The van der Waals surface area contributed by atoms with Crippen molar-refractivity contribution in [1.82, 2.24) is 4.98 Å². The lowest BCUT2D eigenvalue weighted by Gasteiger charge is -2.34. The van der Waals surface area contributed by atoms with Crippen LogP contribution in [0, 0.1) is 5.41 Å². The molecule has 3 rings (SSSR count). The number of aromatic nitrogens is 1. The molecule has 0 amide bonds. The molecule has 0 aliphatic heterocycles. The SMILES string of the molecule is CCCCCCC1(CCCCCC)C=Cc2[nH]c3ccccc3c2C1. The molecule has 136 valence electrons. The number of benzene rings is 1. The molecule has 0 bridgehead atoms. The summed E-state index contributed by atoms with van der Waals surface area (Å²) < 4.78 is 0. The molecule has 0 saturated heterocycles. The lowest BCUT2D eigenvalue weighted by Crippen LogP contribution is -2.24. The predicted molar refractivity (Wildman–Crippen MR) is 111 cm³/mol. The highest BCUT2D eigenvalue weighted by atomic mass is 14.7. The molecule has 0 spiro atoms. The number of hydrogen-bond donors (Lipinski definition) is 1. The van der Waals surface area contributed by atoms with Gasteiger partial charge < -0.3 is 4.98 Å². The molecular weight excluding hydrogens is 302 g/mol. The zero-order chi connectivity index (χ0) is 17.5. The van der Waals surface area contributed by atoms with Gasteiger partial charge in [-0.05, 0) is 42.4 Å². The van der Waals surface area contributed by atoms with Crippen LogP contribution < -0.4 is 0 Å². The fourth-order valence-corrected chi connectivity index (χ4v) is 4.50. The van der Waals surface area contributed by atoms with E-state index in [0.29, 0.717) is 5.41 Å². The maximum absolute atomic E-state index is 3.62. The van der Waals surface area contributed by atoms with Gasteiger partial charge in [-0.25, -0.2) is 0 Å². The summed E-state index contributed by atoms with van der Waals surface area (Å²) in [5, 5.41) is 1.44. The minimum atomic E-state index is 0.388. The van der Waals surface area contributed by atoms with Gasteiger partial charge in [0, 0.05) is 16.6 Å². The van der Waals surface area contributed by atoms with Crippen molar-refractivity contribution in [3.63, 3.8) is 0 Å². The monoisotopic (exact) mass is 337 g/mol. The Morgan fingerprint density at radius 3 is 2.24 bits per heavy atom. The molecule has 1 aromatic carbocycles. The molecule has 1 aromatic heterocycles. The van der Waals surface area contributed by atoms with E-state index in [1.54, 1.807) is 5.56 Å². The lowest BCUT2D eigenvalue weighted by molar-refractivity contribution is 0.293. The number of fused-ring (bicyclic) bond motifs is 3. The number of nitrogens with one attached hydrogen (secondary N) is 1. The first-order valence-electron chi connectivity index (χ1n) is 10.6. The molecule has 1 heteroatoms. The quantitative estimate of drug-likeness (QED) is 0.428. The van der Waals surface area contributed by atoms with Gasteiger partial charge in [0.15, 0.2) is 0 Å². The number of hydrogen-bond acceptors (Lipinski definition) is 0. The van der Waals surface area contributed by atoms with E-state index < -0.39 is 0 Å². The zero-order valence-corrected chi connectivity index (χ0v) is 16.2. The van der Waals surface area contributed by atoms with E-state index in [4.69, 9.17) is 0 Å². The summed E-state index contributed by atoms with van der Waals surface area (Å²) in [5.41, 5.74) is 4.59. The Balaban J connectivity index is 1.77. The Bertz CT molecular complexity index is 679. The number of unbranched alkanes of at least 4 members (excludes halogenated alkanes) is 6. The van der Waals surface area contributed by atoms with E-state index in [1.807, 2.05) is 0 Å². The van der Waals surface area contributed by atoms with Crippen molar-refractivity contribution >= 4 is 17.0 Å². The van der Waals surface area contributed by atoms with Crippen LogP contribution in [0.4, 0.5) is 0 Å². The van der Waals surface area contributed by atoms with Crippen molar-refractivity contribution in [3.8, 4) is 0 Å². The van der Waals surface area contributed by atoms with Gasteiger partial charge in [0.2, 0.25) is 0 Å². The Kier molecular flexibility index (Phi) is 6.39. The van der Waals surface area contributed by atoms with Crippen LogP contribution in [-0.4, -0.2) is 4.98 Å². The number of aromatic amines is 1. The van der Waals surface area contributed by atoms with E-state index in [-0.39, 0.29) is 0 Å². The molecule has 1 aliphatic rings. The summed E-state index contributed by atoms with van der Waals surface area (Å²) >= 11 is 0. The number of H-pyrrole nitrogens is 1. The topological polar surface area (TPSA) is 15.8 Å². The second kappa shape index (κ2) is 8.74. The maximum atomic E-state index is 3.62. The molecule has 2 aromatic rings. The molecule has 1 N–H and O–H groups in total. The minimum absolute atomic E-state index is 0.388. The molecule has 1 aliphatic carbocycles. The van der Waals surface area contributed by atoms with Crippen LogP contribution in [0.1, 0.15) is 89.3 Å². The maximum Gasteiger partial charge on any atom is 0.0461 e. The third-order valence-electron chi connectivity index (χ3n) is 6.04. The average molecular weight is 338 g/mol. The van der Waals surface area contributed by atoms with Crippen molar-refractivity contribution in [1.29, 1.82) is 0 Å². The Morgan fingerprint density at radius 2 is 1.56 bits per heavy atom. The largest absolute Gasteiger partial charge is 0.355 e. The Labute approximate surface area is 153 Å². The standard InChI is InChI=1S/C24H35N/c1-3-5-7-11-16-24(17-12-8-6-4-2)18-15-23-21(19-24)20-13-9-10-14-22(20)25-23/h9-10,13-15,18,25H,3-8,11-12,16-17,19H2,1-2H3. The van der Waals surface area contributed by atoms with Gasteiger partial charge in [-0.3, -0.25) is 0 Å². The molecule has 1 nitrogen and oxygen atoms in total. The predicted octanol–water partition coefficient (Wildman–Crippen LogP) is 7.66. The van der Waals surface area contributed by atoms with E-state index in [1.165, 1.54) is 87.2 Å². The van der Waals surface area contributed by atoms with Crippen LogP contribution in [0.3, 0.4) is 0 Å². The summed E-state index contributed by atoms with van der Waals surface area (Å²) in [4.78, 5) is 3.62. The highest BCUT2D eigenvalue weighted by molar-refractivity contribution is 5.88. The Hall–Kier alpha value is -1.50. The van der Waals surface area contributed by atoms with Gasteiger partial charge in [-0.15, -0.1) is 0 Å². The normalized spacial score (nSPS) is 15.6. The van der Waals surface area contributed by atoms with Crippen molar-refractivity contribution in [2.45, 2.75) is 84.5 Å². The van der Waals surface area contributed by atoms with Gasteiger partial charge in [0.05, 0.1) is 0 Å². The lowest BCUT2D eigenvalue weighted by atomic mass is 9.70.